The van der Waals surface area contributed by atoms with E-state index < -0.39 is 23.6 Å². The van der Waals surface area contributed by atoms with Crippen LogP contribution >= 0.6 is 23.7 Å². The minimum atomic E-state index is -4.75. The summed E-state index contributed by atoms with van der Waals surface area (Å²) in [7, 11) is 0. The molecule has 0 unspecified atom stereocenters. The summed E-state index contributed by atoms with van der Waals surface area (Å²) in [5, 5.41) is 1.71. The van der Waals surface area contributed by atoms with Crippen molar-refractivity contribution in [2.24, 2.45) is 5.73 Å². The average Bonchev–Trinajstić information content (AvgIpc) is 2.79. The van der Waals surface area contributed by atoms with Gasteiger partial charge in [0.15, 0.2) is 0 Å². The Hall–Kier alpha value is -1.11. The first-order chi connectivity index (χ1) is 8.41. The smallest absolute Gasteiger partial charge is 0.320 e. The van der Waals surface area contributed by atoms with E-state index in [-0.39, 0.29) is 18.0 Å². The van der Waals surface area contributed by atoms with Crippen LogP contribution < -0.4 is 5.73 Å². The molecule has 1 heterocycles. The molecule has 104 valence electrons. The van der Waals surface area contributed by atoms with Crippen LogP contribution in [0, 0.1) is 5.82 Å². The first-order valence-electron chi connectivity index (χ1n) is 5.06. The van der Waals surface area contributed by atoms with Crippen molar-refractivity contribution < 1.29 is 17.6 Å². The lowest BCUT2D eigenvalue weighted by molar-refractivity contribution is -0.140. The van der Waals surface area contributed by atoms with Crippen LogP contribution in [0.1, 0.15) is 22.0 Å². The molecule has 2 N–H and O–H groups in total. The monoisotopic (exact) mass is 311 g/mol. The Labute approximate surface area is 117 Å². The Balaban J connectivity index is 0.00000180. The fourth-order valence-electron chi connectivity index (χ4n) is 1.72. The second-order valence-corrected chi connectivity index (χ2v) is 4.67. The Bertz CT molecular complexity index is 539. The highest BCUT2D eigenvalue weighted by Crippen LogP contribution is 2.38. The van der Waals surface area contributed by atoms with Crippen LogP contribution in [-0.4, -0.2) is 0 Å². The molecular formula is C12H10ClF4NS. The van der Waals surface area contributed by atoms with Crippen molar-refractivity contribution in [3.63, 3.8) is 0 Å². The lowest BCUT2D eigenvalue weighted by atomic mass is 9.99. The molecule has 0 bridgehead atoms. The number of rotatable bonds is 2. The molecule has 0 radical (unpaired) electrons. The molecule has 0 aliphatic rings. The van der Waals surface area contributed by atoms with Crippen molar-refractivity contribution in [1.29, 1.82) is 0 Å². The number of halogens is 5. The summed E-state index contributed by atoms with van der Waals surface area (Å²) in [6.07, 6.45) is -4.75. The van der Waals surface area contributed by atoms with Crippen LogP contribution in [0.15, 0.2) is 35.7 Å². The van der Waals surface area contributed by atoms with Gasteiger partial charge in [0.2, 0.25) is 0 Å². The van der Waals surface area contributed by atoms with Gasteiger partial charge in [0, 0.05) is 4.88 Å². The molecular weight excluding hydrogens is 302 g/mol. The molecule has 0 aliphatic heterocycles. The predicted molar refractivity (Wildman–Crippen MR) is 69.0 cm³/mol. The molecule has 1 atom stereocenters. The normalized spacial score (nSPS) is 12.9. The number of alkyl halides is 3. The maximum atomic E-state index is 13.4. The van der Waals surface area contributed by atoms with E-state index in [2.05, 4.69) is 0 Å². The summed E-state index contributed by atoms with van der Waals surface area (Å²) in [5.41, 5.74) is 4.24. The van der Waals surface area contributed by atoms with E-state index in [9.17, 15) is 17.6 Å². The van der Waals surface area contributed by atoms with Crippen molar-refractivity contribution in [3.8, 4) is 0 Å². The molecule has 2 aromatic rings. The van der Waals surface area contributed by atoms with Gasteiger partial charge in [0.05, 0.1) is 11.6 Å². The van der Waals surface area contributed by atoms with Crippen LogP contribution in [0.5, 0.6) is 0 Å². The molecule has 1 aromatic heterocycles. The number of thiophene rings is 1. The van der Waals surface area contributed by atoms with E-state index in [1.807, 2.05) is 0 Å². The summed E-state index contributed by atoms with van der Waals surface area (Å²) >= 11 is 1.24. The molecule has 0 aliphatic carbocycles. The van der Waals surface area contributed by atoms with Crippen molar-refractivity contribution in [1.82, 2.24) is 0 Å². The molecule has 0 amide bonds. The van der Waals surface area contributed by atoms with Crippen LogP contribution in [0.4, 0.5) is 17.6 Å². The van der Waals surface area contributed by atoms with E-state index in [0.29, 0.717) is 4.88 Å². The largest absolute Gasteiger partial charge is 0.419 e. The van der Waals surface area contributed by atoms with Crippen molar-refractivity contribution >= 4 is 23.7 Å². The summed E-state index contributed by atoms with van der Waals surface area (Å²) in [4.78, 5) is 0.561. The number of benzene rings is 1. The maximum Gasteiger partial charge on any atom is 0.419 e. The van der Waals surface area contributed by atoms with Crippen LogP contribution in [0.25, 0.3) is 0 Å². The zero-order valence-corrected chi connectivity index (χ0v) is 11.1. The zero-order chi connectivity index (χ0) is 13.3. The quantitative estimate of drug-likeness (QED) is 0.819. The molecule has 0 saturated heterocycles. The standard InChI is InChI=1S/C12H9F4NS.ClH/c13-8-4-1-3-7(10(8)12(14,15)16)11(17)9-5-2-6-18-9;/h1-6,11H,17H2;1H/t11-;/m1./s1. The third-order valence-electron chi connectivity index (χ3n) is 2.51. The van der Waals surface area contributed by atoms with Gasteiger partial charge in [-0.25, -0.2) is 4.39 Å². The minimum Gasteiger partial charge on any atom is -0.320 e. The molecule has 7 heteroatoms. The van der Waals surface area contributed by atoms with Crippen molar-refractivity contribution in [2.45, 2.75) is 12.2 Å². The van der Waals surface area contributed by atoms with Gasteiger partial charge in [-0.1, -0.05) is 18.2 Å². The van der Waals surface area contributed by atoms with Gasteiger partial charge in [-0.05, 0) is 23.1 Å². The highest BCUT2D eigenvalue weighted by Gasteiger charge is 2.38. The minimum absolute atomic E-state index is 0. The average molecular weight is 312 g/mol. The van der Waals surface area contributed by atoms with Gasteiger partial charge in [0.1, 0.15) is 5.82 Å². The molecule has 1 nitrogen and oxygen atoms in total. The Morgan fingerprint density at radius 1 is 1.11 bits per heavy atom. The van der Waals surface area contributed by atoms with Gasteiger partial charge < -0.3 is 5.73 Å². The van der Waals surface area contributed by atoms with Crippen LogP contribution in [0.3, 0.4) is 0 Å². The number of hydrogen-bond acceptors (Lipinski definition) is 2. The predicted octanol–water partition coefficient (Wildman–Crippen LogP) is 4.38. The number of nitrogens with two attached hydrogens (primary N) is 1. The van der Waals surface area contributed by atoms with E-state index >= 15 is 0 Å². The topological polar surface area (TPSA) is 26.0 Å². The van der Waals surface area contributed by atoms with Gasteiger partial charge in [-0.15, -0.1) is 23.7 Å². The van der Waals surface area contributed by atoms with Gasteiger partial charge >= 0.3 is 6.18 Å². The fraction of sp³-hybridized carbons (Fsp3) is 0.167. The fourth-order valence-corrected chi connectivity index (χ4v) is 2.47. The highest BCUT2D eigenvalue weighted by atomic mass is 35.5. The van der Waals surface area contributed by atoms with Gasteiger partial charge in [0.25, 0.3) is 0 Å². The van der Waals surface area contributed by atoms with Gasteiger partial charge in [-0.2, -0.15) is 13.2 Å². The van der Waals surface area contributed by atoms with E-state index in [4.69, 9.17) is 5.73 Å². The SMILES string of the molecule is Cl.N[C@@H](c1cccs1)c1cccc(F)c1C(F)(F)F. The molecule has 2 rings (SSSR count). The van der Waals surface area contributed by atoms with E-state index in [1.165, 1.54) is 23.5 Å². The molecule has 19 heavy (non-hydrogen) atoms. The Kier molecular flexibility index (Phi) is 4.95. The summed E-state index contributed by atoms with van der Waals surface area (Å²) < 4.78 is 51.8. The van der Waals surface area contributed by atoms with E-state index in [0.717, 1.165) is 6.07 Å². The lowest BCUT2D eigenvalue weighted by Crippen LogP contribution is -2.19. The molecule has 0 fully saturated rings. The summed E-state index contributed by atoms with van der Waals surface area (Å²) in [6, 6.07) is 5.56. The maximum absolute atomic E-state index is 13.4. The van der Waals surface area contributed by atoms with Crippen LogP contribution in [-0.2, 0) is 6.18 Å². The van der Waals surface area contributed by atoms with Crippen molar-refractivity contribution in [2.75, 3.05) is 0 Å². The second-order valence-electron chi connectivity index (χ2n) is 3.69. The highest BCUT2D eigenvalue weighted by molar-refractivity contribution is 7.10. The van der Waals surface area contributed by atoms with E-state index in [1.54, 1.807) is 17.5 Å². The molecule has 0 spiro atoms. The Morgan fingerprint density at radius 3 is 2.32 bits per heavy atom. The first kappa shape index (κ1) is 15.9. The van der Waals surface area contributed by atoms with Crippen LogP contribution in [0.2, 0.25) is 0 Å². The second kappa shape index (κ2) is 5.90. The Morgan fingerprint density at radius 2 is 1.79 bits per heavy atom. The molecule has 1 aromatic carbocycles. The van der Waals surface area contributed by atoms with Crippen molar-refractivity contribution in [3.05, 3.63) is 57.5 Å². The number of hydrogen-bond donors (Lipinski definition) is 1. The molecule has 0 saturated carbocycles. The summed E-state index contributed by atoms with van der Waals surface area (Å²) in [5.74, 6) is -1.30. The lowest BCUT2D eigenvalue weighted by Gasteiger charge is -2.17. The third-order valence-corrected chi connectivity index (χ3v) is 3.47. The first-order valence-corrected chi connectivity index (χ1v) is 5.94. The van der Waals surface area contributed by atoms with Gasteiger partial charge in [-0.3, -0.25) is 0 Å². The zero-order valence-electron chi connectivity index (χ0n) is 9.45. The third kappa shape index (κ3) is 3.26. The summed E-state index contributed by atoms with van der Waals surface area (Å²) in [6.45, 7) is 0.